The predicted molar refractivity (Wildman–Crippen MR) is 103 cm³/mol. The number of methoxy groups -OCH3 is 1. The van der Waals surface area contributed by atoms with Crippen molar-refractivity contribution < 1.29 is 19.4 Å². The lowest BCUT2D eigenvalue weighted by atomic mass is 10.1. The number of nitro benzene ring substituents is 2. The Hall–Kier alpha value is -4.08. The zero-order chi connectivity index (χ0) is 20.7. The fourth-order valence-corrected chi connectivity index (χ4v) is 2.22. The number of esters is 1. The van der Waals surface area contributed by atoms with E-state index in [-0.39, 0.29) is 11.4 Å². The Morgan fingerprint density at radius 3 is 2.36 bits per heavy atom. The SMILES string of the molecule is COC(=O)c1ccc(/C=C(C)/C=N/Nc2ccc([N+](=O)[O-])cc2[N+](=O)[O-])cc1. The summed E-state index contributed by atoms with van der Waals surface area (Å²) in [6, 6.07) is 9.95. The lowest BCUT2D eigenvalue weighted by Gasteiger charge is -2.02. The standard InChI is InChI=1S/C18H16N4O6/c1-12(9-13-3-5-14(6-4-13)18(23)28-2)11-19-20-16-8-7-15(21(24)25)10-17(16)22(26)27/h3-11,20H,1-2H3/b12-9+,19-11+. The van der Waals surface area contributed by atoms with Gasteiger partial charge in [-0.2, -0.15) is 5.10 Å². The van der Waals surface area contributed by atoms with E-state index in [1.807, 2.05) is 0 Å². The van der Waals surface area contributed by atoms with Crippen LogP contribution in [0.5, 0.6) is 0 Å². The average Bonchev–Trinajstić information content (AvgIpc) is 2.67. The molecule has 0 aromatic heterocycles. The maximum Gasteiger partial charge on any atom is 0.337 e. The highest BCUT2D eigenvalue weighted by Gasteiger charge is 2.19. The highest BCUT2D eigenvalue weighted by molar-refractivity contribution is 5.90. The molecule has 28 heavy (non-hydrogen) atoms. The van der Waals surface area contributed by atoms with Gasteiger partial charge in [0.05, 0.1) is 34.8 Å². The zero-order valence-electron chi connectivity index (χ0n) is 15.0. The minimum atomic E-state index is -0.726. The number of non-ortho nitro benzene ring substituents is 1. The molecule has 0 saturated heterocycles. The summed E-state index contributed by atoms with van der Waals surface area (Å²) in [4.78, 5) is 31.8. The van der Waals surface area contributed by atoms with Crippen LogP contribution in [0.3, 0.4) is 0 Å². The molecule has 1 N–H and O–H groups in total. The van der Waals surface area contributed by atoms with Gasteiger partial charge in [0.1, 0.15) is 5.69 Å². The molecule has 2 aromatic rings. The molecule has 0 amide bonds. The predicted octanol–water partition coefficient (Wildman–Crippen LogP) is 3.79. The lowest BCUT2D eigenvalue weighted by molar-refractivity contribution is -0.393. The molecule has 0 saturated carbocycles. The summed E-state index contributed by atoms with van der Waals surface area (Å²) in [7, 11) is 1.30. The number of anilines is 1. The minimum absolute atomic E-state index is 0.0297. The first-order valence-corrected chi connectivity index (χ1v) is 7.90. The van der Waals surface area contributed by atoms with Crippen molar-refractivity contribution in [3.8, 4) is 0 Å². The van der Waals surface area contributed by atoms with Crippen LogP contribution < -0.4 is 5.43 Å². The van der Waals surface area contributed by atoms with E-state index in [2.05, 4.69) is 15.3 Å². The first-order chi connectivity index (χ1) is 13.3. The van der Waals surface area contributed by atoms with E-state index in [0.29, 0.717) is 5.56 Å². The van der Waals surface area contributed by atoms with Gasteiger partial charge in [0.15, 0.2) is 0 Å². The van der Waals surface area contributed by atoms with Crippen molar-refractivity contribution in [2.75, 3.05) is 12.5 Å². The third kappa shape index (κ3) is 5.21. The Balaban J connectivity index is 2.11. The number of nitro groups is 2. The van der Waals surface area contributed by atoms with Crippen LogP contribution in [0, 0.1) is 20.2 Å². The number of nitrogens with zero attached hydrogens (tertiary/aromatic N) is 3. The first-order valence-electron chi connectivity index (χ1n) is 7.90. The van der Waals surface area contributed by atoms with Crippen molar-refractivity contribution in [1.29, 1.82) is 0 Å². The molecule has 0 unspecified atom stereocenters. The summed E-state index contributed by atoms with van der Waals surface area (Å²) in [5.74, 6) is -0.428. The molecular formula is C18H16N4O6. The molecule has 0 fully saturated rings. The van der Waals surface area contributed by atoms with Crippen LogP contribution in [-0.2, 0) is 4.74 Å². The summed E-state index contributed by atoms with van der Waals surface area (Å²) in [6.45, 7) is 1.77. The molecular weight excluding hydrogens is 368 g/mol. The molecule has 2 rings (SSSR count). The molecule has 0 heterocycles. The van der Waals surface area contributed by atoms with Crippen LogP contribution in [0.2, 0.25) is 0 Å². The van der Waals surface area contributed by atoms with Gasteiger partial charge in [-0.15, -0.1) is 0 Å². The molecule has 144 valence electrons. The third-order valence-corrected chi connectivity index (χ3v) is 3.57. The number of benzene rings is 2. The molecule has 0 bridgehead atoms. The molecule has 0 radical (unpaired) electrons. The zero-order valence-corrected chi connectivity index (χ0v) is 15.0. The van der Waals surface area contributed by atoms with Crippen molar-refractivity contribution >= 4 is 35.3 Å². The highest BCUT2D eigenvalue weighted by Crippen LogP contribution is 2.28. The second kappa shape index (κ2) is 9.03. The lowest BCUT2D eigenvalue weighted by Crippen LogP contribution is -2.00. The van der Waals surface area contributed by atoms with E-state index in [4.69, 9.17) is 0 Å². The van der Waals surface area contributed by atoms with E-state index >= 15 is 0 Å². The number of nitrogens with one attached hydrogen (secondary N) is 1. The van der Waals surface area contributed by atoms with Crippen LogP contribution in [0.15, 0.2) is 53.1 Å². The number of carbonyl (C=O) groups excluding carboxylic acids is 1. The van der Waals surface area contributed by atoms with Crippen molar-refractivity contribution in [2.45, 2.75) is 6.92 Å². The topological polar surface area (TPSA) is 137 Å². The van der Waals surface area contributed by atoms with Crippen LogP contribution in [0.25, 0.3) is 6.08 Å². The molecule has 0 aliphatic heterocycles. The highest BCUT2D eigenvalue weighted by atomic mass is 16.6. The summed E-state index contributed by atoms with van der Waals surface area (Å²) in [6.07, 6.45) is 3.23. The molecule has 0 aliphatic carbocycles. The quantitative estimate of drug-likeness (QED) is 0.332. The number of hydrogen-bond donors (Lipinski definition) is 1. The van der Waals surface area contributed by atoms with Crippen LogP contribution >= 0.6 is 0 Å². The van der Waals surface area contributed by atoms with Crippen molar-refractivity contribution in [3.63, 3.8) is 0 Å². The van der Waals surface area contributed by atoms with E-state index in [1.54, 1.807) is 37.3 Å². The third-order valence-electron chi connectivity index (χ3n) is 3.57. The number of carbonyl (C=O) groups is 1. The number of allylic oxidation sites excluding steroid dienone is 1. The van der Waals surface area contributed by atoms with Crippen LogP contribution in [0.4, 0.5) is 17.1 Å². The normalized spacial score (nSPS) is 11.3. The van der Waals surface area contributed by atoms with Gasteiger partial charge in [-0.05, 0) is 36.3 Å². The number of hydrogen-bond acceptors (Lipinski definition) is 8. The minimum Gasteiger partial charge on any atom is -0.465 e. The van der Waals surface area contributed by atoms with Gasteiger partial charge >= 0.3 is 11.7 Å². The van der Waals surface area contributed by atoms with Gasteiger partial charge < -0.3 is 4.74 Å². The van der Waals surface area contributed by atoms with Gasteiger partial charge in [-0.1, -0.05) is 18.2 Å². The molecule has 0 aliphatic rings. The monoisotopic (exact) mass is 384 g/mol. The number of rotatable bonds is 7. The van der Waals surface area contributed by atoms with E-state index in [0.717, 1.165) is 23.3 Å². The summed E-state index contributed by atoms with van der Waals surface area (Å²) in [5.41, 5.74) is 3.68. The number of hydrazone groups is 1. The Morgan fingerprint density at radius 1 is 1.11 bits per heavy atom. The summed E-state index contributed by atoms with van der Waals surface area (Å²) >= 11 is 0. The smallest absolute Gasteiger partial charge is 0.337 e. The Bertz CT molecular complexity index is 967. The van der Waals surface area contributed by atoms with Crippen LogP contribution in [0.1, 0.15) is 22.8 Å². The van der Waals surface area contributed by atoms with Gasteiger partial charge in [-0.25, -0.2) is 4.79 Å². The maximum atomic E-state index is 11.4. The number of ether oxygens (including phenoxy) is 1. The van der Waals surface area contributed by atoms with Gasteiger partial charge in [0.25, 0.3) is 5.69 Å². The largest absolute Gasteiger partial charge is 0.465 e. The second-order valence-corrected chi connectivity index (χ2v) is 5.59. The molecule has 0 atom stereocenters. The first kappa shape index (κ1) is 20.2. The molecule has 10 nitrogen and oxygen atoms in total. The van der Waals surface area contributed by atoms with Crippen molar-refractivity contribution in [2.24, 2.45) is 5.10 Å². The van der Waals surface area contributed by atoms with Gasteiger partial charge in [0.2, 0.25) is 0 Å². The molecule has 10 heteroatoms. The molecule has 0 spiro atoms. The Labute approximate surface area is 159 Å². The van der Waals surface area contributed by atoms with Crippen molar-refractivity contribution in [3.05, 3.63) is 79.4 Å². The summed E-state index contributed by atoms with van der Waals surface area (Å²) < 4.78 is 4.63. The fourth-order valence-electron chi connectivity index (χ4n) is 2.22. The Morgan fingerprint density at radius 2 is 1.79 bits per heavy atom. The van der Waals surface area contributed by atoms with Gasteiger partial charge in [-0.3, -0.25) is 25.7 Å². The van der Waals surface area contributed by atoms with E-state index < -0.39 is 21.5 Å². The Kier molecular flexibility index (Phi) is 6.53. The van der Waals surface area contributed by atoms with E-state index in [1.165, 1.54) is 19.4 Å². The van der Waals surface area contributed by atoms with Crippen molar-refractivity contribution in [1.82, 2.24) is 0 Å². The molecule has 2 aromatic carbocycles. The summed E-state index contributed by atoms with van der Waals surface area (Å²) in [5, 5.41) is 25.7. The van der Waals surface area contributed by atoms with E-state index in [9.17, 15) is 25.0 Å². The fraction of sp³-hybridized carbons (Fsp3) is 0.111. The average molecular weight is 384 g/mol. The maximum absolute atomic E-state index is 11.4. The second-order valence-electron chi connectivity index (χ2n) is 5.59. The van der Waals surface area contributed by atoms with Crippen LogP contribution in [-0.4, -0.2) is 29.1 Å². The van der Waals surface area contributed by atoms with Gasteiger partial charge in [0, 0.05) is 6.07 Å².